The Morgan fingerprint density at radius 3 is 1.14 bits per heavy atom. The van der Waals surface area contributed by atoms with Crippen molar-refractivity contribution in [3.05, 3.63) is 71.8 Å². The first-order valence-corrected chi connectivity index (χ1v) is 14.2. The molecule has 0 saturated carbocycles. The Hall–Kier alpha value is -2.30. The zero-order chi connectivity index (χ0) is 26.2. The predicted octanol–water partition coefficient (Wildman–Crippen LogP) is 7.01. The standard InChI is InChI=1S/C32H48N2O2/c1-5-21-33(22-6-2)25-29(31(35)27-15-11-9-12-16-27)19-20-30(26-34(23-7-3)24-8-4)32(36)28-17-13-10-14-18-28/h9-18,29-30H,5-8,19-26H2,1-4H3. The quantitative estimate of drug-likeness (QED) is 0.198. The minimum absolute atomic E-state index is 0.109. The Kier molecular flexibility index (Phi) is 14.3. The monoisotopic (exact) mass is 492 g/mol. The topological polar surface area (TPSA) is 40.6 Å². The molecule has 2 aromatic carbocycles. The van der Waals surface area contributed by atoms with E-state index in [4.69, 9.17) is 0 Å². The summed E-state index contributed by atoms with van der Waals surface area (Å²) in [7, 11) is 0. The van der Waals surface area contributed by atoms with Gasteiger partial charge in [0, 0.05) is 36.1 Å². The van der Waals surface area contributed by atoms with Crippen LogP contribution in [0.4, 0.5) is 0 Å². The van der Waals surface area contributed by atoms with Gasteiger partial charge in [-0.05, 0) is 64.7 Å². The van der Waals surface area contributed by atoms with E-state index in [0.717, 1.165) is 88.9 Å². The number of carbonyl (C=O) groups excluding carboxylic acids is 2. The Labute approximate surface area is 220 Å². The Bertz CT molecular complexity index is 783. The van der Waals surface area contributed by atoms with Gasteiger partial charge in [0.1, 0.15) is 0 Å². The van der Waals surface area contributed by atoms with Gasteiger partial charge in [-0.25, -0.2) is 0 Å². The second-order valence-electron chi connectivity index (χ2n) is 10.0. The third-order valence-electron chi connectivity index (χ3n) is 6.84. The van der Waals surface area contributed by atoms with Crippen LogP contribution in [-0.2, 0) is 0 Å². The van der Waals surface area contributed by atoms with Crippen LogP contribution >= 0.6 is 0 Å². The zero-order valence-electron chi connectivity index (χ0n) is 23.1. The van der Waals surface area contributed by atoms with Crippen molar-refractivity contribution < 1.29 is 9.59 Å². The van der Waals surface area contributed by atoms with Crippen molar-refractivity contribution in [2.45, 2.75) is 66.2 Å². The zero-order valence-corrected chi connectivity index (χ0v) is 23.1. The van der Waals surface area contributed by atoms with Gasteiger partial charge in [0.15, 0.2) is 11.6 Å². The van der Waals surface area contributed by atoms with Crippen molar-refractivity contribution in [3.63, 3.8) is 0 Å². The predicted molar refractivity (Wildman–Crippen MR) is 152 cm³/mol. The van der Waals surface area contributed by atoms with Gasteiger partial charge in [-0.2, -0.15) is 0 Å². The summed E-state index contributed by atoms with van der Waals surface area (Å²) in [6.45, 7) is 14.3. The van der Waals surface area contributed by atoms with Crippen LogP contribution in [0.5, 0.6) is 0 Å². The lowest BCUT2D eigenvalue weighted by Gasteiger charge is -2.29. The molecule has 0 fully saturated rings. The number of rotatable bonds is 19. The molecule has 2 atom stereocenters. The highest BCUT2D eigenvalue weighted by Gasteiger charge is 2.28. The van der Waals surface area contributed by atoms with E-state index in [0.29, 0.717) is 0 Å². The van der Waals surface area contributed by atoms with E-state index in [1.165, 1.54) is 0 Å². The lowest BCUT2D eigenvalue weighted by molar-refractivity contribution is 0.0808. The van der Waals surface area contributed by atoms with Gasteiger partial charge in [0.05, 0.1) is 0 Å². The number of nitrogens with zero attached hydrogens (tertiary/aromatic N) is 2. The summed E-state index contributed by atoms with van der Waals surface area (Å²) < 4.78 is 0. The average Bonchev–Trinajstić information content (AvgIpc) is 2.90. The lowest BCUT2D eigenvalue weighted by Crippen LogP contribution is -2.37. The first-order valence-electron chi connectivity index (χ1n) is 14.2. The Morgan fingerprint density at radius 1 is 0.556 bits per heavy atom. The molecule has 0 bridgehead atoms. The highest BCUT2D eigenvalue weighted by Crippen LogP contribution is 2.23. The summed E-state index contributed by atoms with van der Waals surface area (Å²) in [5.41, 5.74) is 1.56. The van der Waals surface area contributed by atoms with E-state index in [-0.39, 0.29) is 23.4 Å². The van der Waals surface area contributed by atoms with Crippen LogP contribution in [0.25, 0.3) is 0 Å². The number of benzene rings is 2. The summed E-state index contributed by atoms with van der Waals surface area (Å²) in [5.74, 6) is 0.195. The molecule has 0 aliphatic rings. The second kappa shape index (κ2) is 17.2. The molecule has 0 saturated heterocycles. The molecule has 0 N–H and O–H groups in total. The number of carbonyl (C=O) groups is 2. The summed E-state index contributed by atoms with van der Waals surface area (Å²) >= 11 is 0. The Morgan fingerprint density at radius 2 is 0.861 bits per heavy atom. The van der Waals surface area contributed by atoms with Crippen molar-refractivity contribution >= 4 is 11.6 Å². The SMILES string of the molecule is CCCN(CCC)CC(CCC(CN(CCC)CCC)C(=O)c1ccccc1)C(=O)c1ccccc1. The molecule has 2 rings (SSSR count). The minimum atomic E-state index is -0.109. The van der Waals surface area contributed by atoms with Gasteiger partial charge in [-0.15, -0.1) is 0 Å². The fourth-order valence-electron chi connectivity index (χ4n) is 5.17. The van der Waals surface area contributed by atoms with Crippen LogP contribution in [0, 0.1) is 11.8 Å². The normalized spacial score (nSPS) is 13.2. The molecule has 0 aliphatic heterocycles. The minimum Gasteiger partial charge on any atom is -0.303 e. The van der Waals surface area contributed by atoms with E-state index in [1.807, 2.05) is 60.7 Å². The third-order valence-corrected chi connectivity index (χ3v) is 6.84. The van der Waals surface area contributed by atoms with Crippen LogP contribution in [0.1, 0.15) is 86.9 Å². The van der Waals surface area contributed by atoms with E-state index >= 15 is 0 Å². The first kappa shape index (κ1) is 29.9. The van der Waals surface area contributed by atoms with Crippen LogP contribution in [0.2, 0.25) is 0 Å². The Balaban J connectivity index is 2.27. The van der Waals surface area contributed by atoms with Gasteiger partial charge >= 0.3 is 0 Å². The maximum absolute atomic E-state index is 13.6. The van der Waals surface area contributed by atoms with Gasteiger partial charge in [0.25, 0.3) is 0 Å². The maximum Gasteiger partial charge on any atom is 0.167 e. The van der Waals surface area contributed by atoms with Crippen LogP contribution < -0.4 is 0 Å². The molecule has 4 heteroatoms. The smallest absolute Gasteiger partial charge is 0.167 e. The van der Waals surface area contributed by atoms with Crippen molar-refractivity contribution in [2.24, 2.45) is 11.8 Å². The number of Topliss-reactive ketones (excluding diaryl/α,β-unsaturated/α-hetero) is 2. The fourth-order valence-corrected chi connectivity index (χ4v) is 5.17. The molecule has 0 radical (unpaired) electrons. The largest absolute Gasteiger partial charge is 0.303 e. The molecule has 0 spiro atoms. The van der Waals surface area contributed by atoms with Gasteiger partial charge < -0.3 is 9.80 Å². The molecule has 0 amide bonds. The summed E-state index contributed by atoms with van der Waals surface area (Å²) in [5, 5.41) is 0. The maximum atomic E-state index is 13.6. The molecule has 0 heterocycles. The molecule has 0 aromatic heterocycles. The molecule has 2 aromatic rings. The lowest BCUT2D eigenvalue weighted by atomic mass is 9.86. The third kappa shape index (κ3) is 9.99. The highest BCUT2D eigenvalue weighted by atomic mass is 16.1. The van der Waals surface area contributed by atoms with E-state index < -0.39 is 0 Å². The molecule has 36 heavy (non-hydrogen) atoms. The number of hydrogen-bond donors (Lipinski definition) is 0. The van der Waals surface area contributed by atoms with Crippen molar-refractivity contribution in [1.82, 2.24) is 9.80 Å². The molecule has 4 nitrogen and oxygen atoms in total. The summed E-state index contributed by atoms with van der Waals surface area (Å²) in [4.78, 5) is 32.2. The van der Waals surface area contributed by atoms with E-state index in [2.05, 4.69) is 37.5 Å². The van der Waals surface area contributed by atoms with E-state index in [1.54, 1.807) is 0 Å². The molecular weight excluding hydrogens is 444 g/mol. The van der Waals surface area contributed by atoms with Crippen molar-refractivity contribution in [2.75, 3.05) is 39.3 Å². The summed E-state index contributed by atoms with van der Waals surface area (Å²) in [6, 6.07) is 19.4. The molecular formula is C32H48N2O2. The first-order chi connectivity index (χ1) is 17.5. The van der Waals surface area contributed by atoms with Gasteiger partial charge in [0.2, 0.25) is 0 Å². The van der Waals surface area contributed by atoms with E-state index in [9.17, 15) is 9.59 Å². The van der Waals surface area contributed by atoms with Gasteiger partial charge in [-0.1, -0.05) is 88.4 Å². The second-order valence-corrected chi connectivity index (χ2v) is 10.0. The molecule has 0 aliphatic carbocycles. The van der Waals surface area contributed by atoms with Gasteiger partial charge in [-0.3, -0.25) is 9.59 Å². The number of hydrogen-bond acceptors (Lipinski definition) is 4. The average molecular weight is 493 g/mol. The highest BCUT2D eigenvalue weighted by molar-refractivity contribution is 5.99. The molecule has 2 unspecified atom stereocenters. The number of ketones is 2. The fraction of sp³-hybridized carbons (Fsp3) is 0.562. The van der Waals surface area contributed by atoms with Crippen LogP contribution in [0.15, 0.2) is 60.7 Å². The van der Waals surface area contributed by atoms with Crippen molar-refractivity contribution in [3.8, 4) is 0 Å². The van der Waals surface area contributed by atoms with Crippen molar-refractivity contribution in [1.29, 1.82) is 0 Å². The van der Waals surface area contributed by atoms with Crippen LogP contribution in [0.3, 0.4) is 0 Å². The summed E-state index contributed by atoms with van der Waals surface area (Å²) in [6.07, 6.45) is 5.75. The molecule has 198 valence electrons. The van der Waals surface area contributed by atoms with Crippen LogP contribution in [-0.4, -0.2) is 60.6 Å².